The van der Waals surface area contributed by atoms with Crippen molar-refractivity contribution in [3.8, 4) is 0 Å². The van der Waals surface area contributed by atoms with E-state index in [9.17, 15) is 5.11 Å². The second-order valence-electron chi connectivity index (χ2n) is 7.63. The zero-order chi connectivity index (χ0) is 19.5. The number of rotatable bonds is 3. The standard InChI is InChI=1S/C19H21N5O3S/c1-10-20-17-14(18(21-10)28-11-7-5-4-6-8-11)22-23-24(17)12-9-13(25)16-15(12)26-19(2,3)27-16/h4-8,12-13,15-16,25H,9H2,1-3H3/t12-,13+,15+,16-/m1/s1. The summed E-state index contributed by atoms with van der Waals surface area (Å²) in [6.45, 7) is 5.57. The number of benzene rings is 1. The third kappa shape index (κ3) is 2.98. The normalized spacial score (nSPS) is 28.7. The molecule has 1 N–H and O–H groups in total. The van der Waals surface area contributed by atoms with Gasteiger partial charge in [0.05, 0.1) is 12.1 Å². The highest BCUT2D eigenvalue weighted by molar-refractivity contribution is 7.99. The summed E-state index contributed by atoms with van der Waals surface area (Å²) in [6.07, 6.45) is -0.804. The van der Waals surface area contributed by atoms with Crippen LogP contribution in [0.15, 0.2) is 40.3 Å². The van der Waals surface area contributed by atoms with E-state index in [1.807, 2.05) is 51.1 Å². The van der Waals surface area contributed by atoms with E-state index in [0.29, 0.717) is 23.4 Å². The third-order valence-corrected chi connectivity index (χ3v) is 6.07. The average molecular weight is 399 g/mol. The Morgan fingerprint density at radius 1 is 1.14 bits per heavy atom. The van der Waals surface area contributed by atoms with Gasteiger partial charge in [-0.25, -0.2) is 14.6 Å². The predicted octanol–water partition coefficient (Wildman–Crippen LogP) is 2.51. The number of aliphatic hydroxyl groups excluding tert-OH is 1. The summed E-state index contributed by atoms with van der Waals surface area (Å²) >= 11 is 1.53. The molecule has 0 amide bonds. The van der Waals surface area contributed by atoms with Crippen molar-refractivity contribution in [3.63, 3.8) is 0 Å². The van der Waals surface area contributed by atoms with Crippen molar-refractivity contribution in [2.24, 2.45) is 0 Å². The molecule has 1 aromatic carbocycles. The van der Waals surface area contributed by atoms with Crippen LogP contribution in [0.2, 0.25) is 0 Å². The fraction of sp³-hybridized carbons (Fsp3) is 0.474. The van der Waals surface area contributed by atoms with Gasteiger partial charge < -0.3 is 14.6 Å². The van der Waals surface area contributed by atoms with Gasteiger partial charge in [-0.1, -0.05) is 35.2 Å². The van der Waals surface area contributed by atoms with Gasteiger partial charge >= 0.3 is 0 Å². The van der Waals surface area contributed by atoms with E-state index in [1.54, 1.807) is 4.68 Å². The second-order valence-corrected chi connectivity index (χ2v) is 8.69. The Morgan fingerprint density at radius 3 is 2.68 bits per heavy atom. The minimum absolute atomic E-state index is 0.198. The number of ether oxygens (including phenoxy) is 2. The van der Waals surface area contributed by atoms with Crippen LogP contribution < -0.4 is 0 Å². The topological polar surface area (TPSA) is 95.2 Å². The highest BCUT2D eigenvalue weighted by Crippen LogP contribution is 2.44. The first kappa shape index (κ1) is 18.0. The summed E-state index contributed by atoms with van der Waals surface area (Å²) in [4.78, 5) is 10.2. The first-order chi connectivity index (χ1) is 13.4. The lowest BCUT2D eigenvalue weighted by Gasteiger charge is -2.22. The molecule has 146 valence electrons. The molecule has 3 aromatic rings. The van der Waals surface area contributed by atoms with Crippen LogP contribution in [0.3, 0.4) is 0 Å². The maximum absolute atomic E-state index is 10.5. The molecule has 9 heteroatoms. The molecule has 5 rings (SSSR count). The molecular formula is C19H21N5O3S. The van der Waals surface area contributed by atoms with Gasteiger partial charge in [0.25, 0.3) is 0 Å². The highest BCUT2D eigenvalue weighted by atomic mass is 32.2. The van der Waals surface area contributed by atoms with Crippen LogP contribution in [0.4, 0.5) is 0 Å². The smallest absolute Gasteiger partial charge is 0.183 e. The molecule has 3 heterocycles. The zero-order valence-electron chi connectivity index (χ0n) is 15.8. The maximum atomic E-state index is 10.5. The van der Waals surface area contributed by atoms with Gasteiger partial charge in [-0.3, -0.25) is 0 Å². The molecule has 2 fully saturated rings. The predicted molar refractivity (Wildman–Crippen MR) is 102 cm³/mol. The number of aromatic nitrogens is 5. The number of hydrogen-bond acceptors (Lipinski definition) is 8. The van der Waals surface area contributed by atoms with E-state index in [2.05, 4.69) is 20.3 Å². The molecule has 1 aliphatic heterocycles. The summed E-state index contributed by atoms with van der Waals surface area (Å²) in [7, 11) is 0. The fourth-order valence-electron chi connectivity index (χ4n) is 3.97. The quantitative estimate of drug-likeness (QED) is 0.671. The second kappa shape index (κ2) is 6.48. The summed E-state index contributed by atoms with van der Waals surface area (Å²) < 4.78 is 13.7. The summed E-state index contributed by atoms with van der Waals surface area (Å²) in [5.41, 5.74) is 1.30. The Labute approximate surface area is 166 Å². The number of hydrogen-bond donors (Lipinski definition) is 1. The van der Waals surface area contributed by atoms with Crippen molar-refractivity contribution in [3.05, 3.63) is 36.2 Å². The van der Waals surface area contributed by atoms with Gasteiger partial charge in [-0.2, -0.15) is 0 Å². The summed E-state index contributed by atoms with van der Waals surface area (Å²) in [6, 6.07) is 9.82. The Kier molecular flexibility index (Phi) is 4.16. The van der Waals surface area contributed by atoms with Crippen molar-refractivity contribution in [2.75, 3.05) is 0 Å². The Hall–Kier alpha value is -2.07. The van der Waals surface area contributed by atoms with E-state index in [4.69, 9.17) is 9.47 Å². The van der Waals surface area contributed by atoms with Crippen LogP contribution in [0.5, 0.6) is 0 Å². The fourth-order valence-corrected chi connectivity index (χ4v) is 4.89. The first-order valence-corrected chi connectivity index (χ1v) is 10.1. The largest absolute Gasteiger partial charge is 0.390 e. The van der Waals surface area contributed by atoms with Gasteiger partial charge in [0.2, 0.25) is 0 Å². The van der Waals surface area contributed by atoms with E-state index in [0.717, 1.165) is 9.92 Å². The average Bonchev–Trinajstić information content (AvgIpc) is 3.28. The Bertz CT molecular complexity index is 1030. The molecule has 1 saturated carbocycles. The number of fused-ring (bicyclic) bond motifs is 2. The molecule has 8 nitrogen and oxygen atoms in total. The Balaban J connectivity index is 1.55. The molecule has 1 saturated heterocycles. The van der Waals surface area contributed by atoms with Crippen molar-refractivity contribution in [2.45, 2.75) is 67.3 Å². The number of aliphatic hydroxyl groups is 1. The summed E-state index contributed by atoms with van der Waals surface area (Å²) in [5, 5.41) is 20.0. The van der Waals surface area contributed by atoms with Gasteiger partial charge in [-0.15, -0.1) is 5.10 Å². The molecular weight excluding hydrogens is 378 g/mol. The van der Waals surface area contributed by atoms with Gasteiger partial charge in [0.15, 0.2) is 17.0 Å². The minimum atomic E-state index is -0.732. The molecule has 28 heavy (non-hydrogen) atoms. The monoisotopic (exact) mass is 399 g/mol. The van der Waals surface area contributed by atoms with Gasteiger partial charge in [0.1, 0.15) is 23.1 Å². The maximum Gasteiger partial charge on any atom is 0.183 e. The first-order valence-electron chi connectivity index (χ1n) is 9.27. The molecule has 1 aliphatic carbocycles. The van der Waals surface area contributed by atoms with Crippen molar-refractivity contribution >= 4 is 22.9 Å². The number of nitrogens with zero attached hydrogens (tertiary/aromatic N) is 5. The van der Waals surface area contributed by atoms with Gasteiger partial charge in [-0.05, 0) is 32.9 Å². The Morgan fingerprint density at radius 2 is 1.89 bits per heavy atom. The van der Waals surface area contributed by atoms with Crippen LogP contribution >= 0.6 is 11.8 Å². The van der Waals surface area contributed by atoms with Crippen LogP contribution in [-0.2, 0) is 9.47 Å². The molecule has 0 radical (unpaired) electrons. The molecule has 4 atom stereocenters. The van der Waals surface area contributed by atoms with E-state index in [-0.39, 0.29) is 18.2 Å². The van der Waals surface area contributed by atoms with Crippen molar-refractivity contribution in [1.29, 1.82) is 0 Å². The van der Waals surface area contributed by atoms with Crippen LogP contribution in [-0.4, -0.2) is 54.2 Å². The molecule has 2 aromatic heterocycles. The van der Waals surface area contributed by atoms with E-state index in [1.165, 1.54) is 11.8 Å². The number of aryl methyl sites for hydroxylation is 1. The molecule has 0 unspecified atom stereocenters. The third-order valence-electron chi connectivity index (χ3n) is 5.08. The molecule has 0 spiro atoms. The van der Waals surface area contributed by atoms with Crippen LogP contribution in [0, 0.1) is 6.92 Å². The summed E-state index contributed by atoms with van der Waals surface area (Å²) in [5.74, 6) is -0.0848. The molecule has 2 aliphatic rings. The minimum Gasteiger partial charge on any atom is -0.390 e. The van der Waals surface area contributed by atoms with Crippen LogP contribution in [0.1, 0.15) is 32.1 Å². The van der Waals surface area contributed by atoms with E-state index >= 15 is 0 Å². The van der Waals surface area contributed by atoms with Crippen molar-refractivity contribution < 1.29 is 14.6 Å². The lowest BCUT2D eigenvalue weighted by Crippen LogP contribution is -2.29. The molecule has 0 bridgehead atoms. The lowest BCUT2D eigenvalue weighted by molar-refractivity contribution is -0.165. The lowest BCUT2D eigenvalue weighted by atomic mass is 10.2. The van der Waals surface area contributed by atoms with E-state index < -0.39 is 11.9 Å². The van der Waals surface area contributed by atoms with Crippen LogP contribution in [0.25, 0.3) is 11.2 Å². The SMILES string of the molecule is Cc1nc(Sc2ccccc2)c2nnn([C@@H]3C[C@H](O)[C@H]4OC(C)(C)O[C@H]43)c2n1. The van der Waals surface area contributed by atoms with Crippen molar-refractivity contribution in [1.82, 2.24) is 25.0 Å². The zero-order valence-corrected chi connectivity index (χ0v) is 16.6. The highest BCUT2D eigenvalue weighted by Gasteiger charge is 2.55. The van der Waals surface area contributed by atoms with Gasteiger partial charge in [0, 0.05) is 11.3 Å².